The molecule has 2 aliphatic rings. The molecule has 2 fully saturated rings. The molecule has 0 radical (unpaired) electrons. The van der Waals surface area contributed by atoms with Gasteiger partial charge in [-0.05, 0) is 19.4 Å². The Morgan fingerprint density at radius 3 is 2.47 bits per heavy atom. The number of carboxylic acid groups (broad SMARTS) is 1. The Hall–Kier alpha value is -1.30. The van der Waals surface area contributed by atoms with Crippen LogP contribution in [-0.2, 0) is 4.79 Å². The average Bonchev–Trinajstić information content (AvgIpc) is 2.87. The van der Waals surface area contributed by atoms with Crippen LogP contribution < -0.4 is 5.32 Å². The summed E-state index contributed by atoms with van der Waals surface area (Å²) in [5.74, 6) is -1.21. The maximum atomic E-state index is 12.1. The van der Waals surface area contributed by atoms with Gasteiger partial charge in [0.05, 0.1) is 5.92 Å². The molecule has 1 aliphatic carbocycles. The average molecular weight is 269 g/mol. The molecule has 0 aromatic rings. The van der Waals surface area contributed by atoms with Gasteiger partial charge in [0.25, 0.3) is 0 Å². The quantitative estimate of drug-likeness (QED) is 0.786. The molecule has 6 heteroatoms. The van der Waals surface area contributed by atoms with Crippen LogP contribution in [-0.4, -0.2) is 65.7 Å². The second-order valence-corrected chi connectivity index (χ2v) is 5.35. The van der Waals surface area contributed by atoms with Crippen molar-refractivity contribution in [3.63, 3.8) is 0 Å². The van der Waals surface area contributed by atoms with Crippen LogP contribution in [0.2, 0.25) is 0 Å². The number of rotatable bonds is 3. The number of carboxylic acids is 1. The molecule has 0 bridgehead atoms. The maximum Gasteiger partial charge on any atom is 0.317 e. The first-order valence-electron chi connectivity index (χ1n) is 7.12. The number of amides is 2. The number of aliphatic carboxylic acids is 1. The third-order valence-corrected chi connectivity index (χ3v) is 4.25. The molecular formula is C13H23N3O3. The topological polar surface area (TPSA) is 72.9 Å². The first-order chi connectivity index (χ1) is 9.11. The Morgan fingerprint density at radius 1 is 1.21 bits per heavy atom. The van der Waals surface area contributed by atoms with Crippen LogP contribution in [0.1, 0.15) is 26.2 Å². The standard InChI is InChI=1S/C13H23N3O3/c1-2-15-6-8-16(9-7-15)13(19)14-11-5-3-4-10(11)12(17)18/h10-11H,2-9H2,1H3,(H,14,19)(H,17,18). The minimum absolute atomic E-state index is 0.103. The molecule has 108 valence electrons. The van der Waals surface area contributed by atoms with Crippen molar-refractivity contribution in [2.75, 3.05) is 32.7 Å². The smallest absolute Gasteiger partial charge is 0.317 e. The van der Waals surface area contributed by atoms with E-state index in [1.807, 2.05) is 0 Å². The number of hydrogen-bond donors (Lipinski definition) is 2. The Labute approximate surface area is 113 Å². The van der Waals surface area contributed by atoms with Gasteiger partial charge in [-0.15, -0.1) is 0 Å². The fourth-order valence-corrected chi connectivity index (χ4v) is 2.95. The number of nitrogens with one attached hydrogen (secondary N) is 1. The van der Waals surface area contributed by atoms with E-state index < -0.39 is 11.9 Å². The molecule has 0 aromatic carbocycles. The van der Waals surface area contributed by atoms with Crippen LogP contribution in [0, 0.1) is 5.92 Å². The molecule has 6 nitrogen and oxygen atoms in total. The number of carbonyl (C=O) groups excluding carboxylic acids is 1. The Balaban J connectivity index is 1.82. The number of carbonyl (C=O) groups is 2. The molecule has 0 aromatic heterocycles. The van der Waals surface area contributed by atoms with Crippen LogP contribution in [0.25, 0.3) is 0 Å². The summed E-state index contributed by atoms with van der Waals surface area (Å²) in [5, 5.41) is 12.0. The number of piperazine rings is 1. The van der Waals surface area contributed by atoms with Crippen molar-refractivity contribution >= 4 is 12.0 Å². The van der Waals surface area contributed by atoms with Gasteiger partial charge >= 0.3 is 12.0 Å². The fourth-order valence-electron chi connectivity index (χ4n) is 2.95. The highest BCUT2D eigenvalue weighted by Crippen LogP contribution is 2.26. The normalized spacial score (nSPS) is 28.4. The predicted octanol–water partition coefficient (Wildman–Crippen LogP) is 0.587. The Morgan fingerprint density at radius 2 is 1.89 bits per heavy atom. The first-order valence-corrected chi connectivity index (χ1v) is 7.12. The van der Waals surface area contributed by atoms with Crippen LogP contribution in [0.15, 0.2) is 0 Å². The summed E-state index contributed by atoms with van der Waals surface area (Å²) >= 11 is 0. The number of urea groups is 1. The van der Waals surface area contributed by atoms with Gasteiger partial charge in [0.1, 0.15) is 0 Å². The lowest BCUT2D eigenvalue weighted by Crippen LogP contribution is -2.54. The third-order valence-electron chi connectivity index (χ3n) is 4.25. The van der Waals surface area contributed by atoms with Crippen molar-refractivity contribution in [1.29, 1.82) is 0 Å². The molecule has 1 heterocycles. The highest BCUT2D eigenvalue weighted by molar-refractivity contribution is 5.77. The lowest BCUT2D eigenvalue weighted by atomic mass is 10.0. The molecule has 1 aliphatic heterocycles. The van der Waals surface area contributed by atoms with Gasteiger partial charge in [-0.2, -0.15) is 0 Å². The zero-order valence-corrected chi connectivity index (χ0v) is 11.5. The zero-order chi connectivity index (χ0) is 13.8. The molecule has 2 N–H and O–H groups in total. The molecule has 2 amide bonds. The summed E-state index contributed by atoms with van der Waals surface area (Å²) in [5.41, 5.74) is 0. The summed E-state index contributed by atoms with van der Waals surface area (Å²) < 4.78 is 0. The van der Waals surface area contributed by atoms with Gasteiger partial charge in [0, 0.05) is 32.2 Å². The van der Waals surface area contributed by atoms with E-state index in [4.69, 9.17) is 5.11 Å². The van der Waals surface area contributed by atoms with Gasteiger partial charge in [-0.3, -0.25) is 4.79 Å². The summed E-state index contributed by atoms with van der Waals surface area (Å²) in [6, 6.07) is -0.303. The van der Waals surface area contributed by atoms with Crippen LogP contribution in [0.5, 0.6) is 0 Å². The van der Waals surface area contributed by atoms with Crippen molar-refractivity contribution in [2.24, 2.45) is 5.92 Å². The highest BCUT2D eigenvalue weighted by atomic mass is 16.4. The molecule has 2 unspecified atom stereocenters. The third kappa shape index (κ3) is 3.37. The van der Waals surface area contributed by atoms with E-state index in [2.05, 4.69) is 17.1 Å². The van der Waals surface area contributed by atoms with Gasteiger partial charge in [-0.1, -0.05) is 13.3 Å². The minimum atomic E-state index is -0.793. The minimum Gasteiger partial charge on any atom is -0.481 e. The van der Waals surface area contributed by atoms with E-state index in [1.54, 1.807) is 4.90 Å². The monoisotopic (exact) mass is 269 g/mol. The van der Waals surface area contributed by atoms with Crippen molar-refractivity contribution < 1.29 is 14.7 Å². The van der Waals surface area contributed by atoms with Crippen molar-refractivity contribution in [1.82, 2.24) is 15.1 Å². The number of likely N-dealkylation sites (N-methyl/N-ethyl adjacent to an activating group) is 1. The van der Waals surface area contributed by atoms with Crippen molar-refractivity contribution in [3.05, 3.63) is 0 Å². The van der Waals surface area contributed by atoms with Crippen molar-refractivity contribution in [3.8, 4) is 0 Å². The lowest BCUT2D eigenvalue weighted by molar-refractivity contribution is -0.142. The fraction of sp³-hybridized carbons (Fsp3) is 0.846. The molecule has 2 rings (SSSR count). The van der Waals surface area contributed by atoms with E-state index in [0.29, 0.717) is 6.42 Å². The molecule has 1 saturated carbocycles. The second kappa shape index (κ2) is 6.23. The van der Waals surface area contributed by atoms with E-state index >= 15 is 0 Å². The maximum absolute atomic E-state index is 12.1. The summed E-state index contributed by atoms with van der Waals surface area (Å²) in [6.07, 6.45) is 2.33. The highest BCUT2D eigenvalue weighted by Gasteiger charge is 2.35. The number of nitrogens with zero attached hydrogens (tertiary/aromatic N) is 2. The SMILES string of the molecule is CCN1CCN(C(=O)NC2CCCC2C(=O)O)CC1. The Kier molecular flexibility index (Phi) is 4.63. The summed E-state index contributed by atoms with van der Waals surface area (Å²) in [4.78, 5) is 27.3. The van der Waals surface area contributed by atoms with Crippen LogP contribution in [0.3, 0.4) is 0 Å². The summed E-state index contributed by atoms with van der Waals surface area (Å²) in [7, 11) is 0. The number of hydrogen-bond acceptors (Lipinski definition) is 3. The first kappa shape index (κ1) is 14.1. The van der Waals surface area contributed by atoms with E-state index in [-0.39, 0.29) is 12.1 Å². The van der Waals surface area contributed by atoms with E-state index in [0.717, 1.165) is 45.6 Å². The largest absolute Gasteiger partial charge is 0.481 e. The van der Waals surface area contributed by atoms with E-state index in [1.165, 1.54) is 0 Å². The van der Waals surface area contributed by atoms with Gasteiger partial charge < -0.3 is 20.2 Å². The van der Waals surface area contributed by atoms with Crippen LogP contribution in [0.4, 0.5) is 4.79 Å². The summed E-state index contributed by atoms with van der Waals surface area (Å²) in [6.45, 7) is 6.38. The van der Waals surface area contributed by atoms with Gasteiger partial charge in [0.2, 0.25) is 0 Å². The van der Waals surface area contributed by atoms with Crippen LogP contribution >= 0.6 is 0 Å². The Bertz CT molecular complexity index is 340. The molecule has 1 saturated heterocycles. The van der Waals surface area contributed by atoms with Crippen molar-refractivity contribution in [2.45, 2.75) is 32.2 Å². The van der Waals surface area contributed by atoms with Gasteiger partial charge in [-0.25, -0.2) is 4.79 Å². The molecule has 0 spiro atoms. The zero-order valence-electron chi connectivity index (χ0n) is 11.5. The molecular weight excluding hydrogens is 246 g/mol. The second-order valence-electron chi connectivity index (χ2n) is 5.35. The predicted molar refractivity (Wildman–Crippen MR) is 71.0 cm³/mol. The van der Waals surface area contributed by atoms with Gasteiger partial charge in [0.15, 0.2) is 0 Å². The molecule has 2 atom stereocenters. The van der Waals surface area contributed by atoms with E-state index in [9.17, 15) is 9.59 Å². The molecule has 19 heavy (non-hydrogen) atoms. The lowest BCUT2D eigenvalue weighted by Gasteiger charge is -2.35.